The molecule has 2 aromatic rings. The van der Waals surface area contributed by atoms with Crippen molar-refractivity contribution in [2.75, 3.05) is 19.5 Å². The van der Waals surface area contributed by atoms with Crippen molar-refractivity contribution in [3.63, 3.8) is 0 Å². The minimum Gasteiger partial charge on any atom is -0.463 e. The van der Waals surface area contributed by atoms with Crippen molar-refractivity contribution >= 4 is 17.6 Å². The van der Waals surface area contributed by atoms with Crippen molar-refractivity contribution in [2.24, 2.45) is 0 Å². The van der Waals surface area contributed by atoms with Crippen molar-refractivity contribution in [1.29, 1.82) is 0 Å². The van der Waals surface area contributed by atoms with E-state index in [0.717, 1.165) is 11.3 Å². The second kappa shape index (κ2) is 5.22. The Balaban J connectivity index is 2.04. The van der Waals surface area contributed by atoms with Crippen LogP contribution in [0.4, 0.5) is 5.69 Å². The minimum atomic E-state index is -0.572. The van der Waals surface area contributed by atoms with Gasteiger partial charge in [0, 0.05) is 18.3 Å². The fraction of sp³-hybridized carbons (Fsp3) is 0.250. The molecule has 0 radical (unpaired) electrons. The second-order valence-electron chi connectivity index (χ2n) is 5.21. The molecule has 1 unspecified atom stereocenters. The molecule has 2 heterocycles. The van der Waals surface area contributed by atoms with E-state index in [-0.39, 0.29) is 11.7 Å². The van der Waals surface area contributed by atoms with Crippen LogP contribution < -0.4 is 5.32 Å². The highest BCUT2D eigenvalue weighted by Crippen LogP contribution is 2.34. The smallest absolute Gasteiger partial charge is 0.374 e. The standard InChI is InChI=1S/C16H16N2O4/c1-9-4-5-12-11(8-9)15(19)18(2)14(17-12)10-6-7-22-13(10)16(20)21-3/h4-8,14,17H,1-3H3. The lowest BCUT2D eigenvalue weighted by atomic mass is 10.0. The number of esters is 1. The first-order valence-electron chi connectivity index (χ1n) is 6.83. The number of carbonyl (C=O) groups excluding carboxylic acids is 2. The molecule has 1 aromatic carbocycles. The molecule has 0 saturated carbocycles. The number of rotatable bonds is 2. The molecule has 1 amide bonds. The summed E-state index contributed by atoms with van der Waals surface area (Å²) >= 11 is 0. The summed E-state index contributed by atoms with van der Waals surface area (Å²) < 4.78 is 9.92. The lowest BCUT2D eigenvalue weighted by molar-refractivity contribution is 0.0555. The van der Waals surface area contributed by atoms with E-state index in [2.05, 4.69) is 5.32 Å². The topological polar surface area (TPSA) is 71.8 Å². The number of carbonyl (C=O) groups is 2. The zero-order valence-electron chi connectivity index (χ0n) is 12.5. The summed E-state index contributed by atoms with van der Waals surface area (Å²) in [4.78, 5) is 25.9. The van der Waals surface area contributed by atoms with Gasteiger partial charge >= 0.3 is 5.97 Å². The second-order valence-corrected chi connectivity index (χ2v) is 5.21. The number of amides is 1. The number of hydrogen-bond donors (Lipinski definition) is 1. The number of nitrogens with one attached hydrogen (secondary N) is 1. The first-order chi connectivity index (χ1) is 10.5. The van der Waals surface area contributed by atoms with Crippen LogP contribution in [0.5, 0.6) is 0 Å². The Labute approximate surface area is 127 Å². The average molecular weight is 300 g/mol. The molecule has 1 aliphatic heterocycles. The van der Waals surface area contributed by atoms with Crippen LogP contribution in [0, 0.1) is 6.92 Å². The molecule has 22 heavy (non-hydrogen) atoms. The number of fused-ring (bicyclic) bond motifs is 1. The lowest BCUT2D eigenvalue weighted by Gasteiger charge is -2.35. The summed E-state index contributed by atoms with van der Waals surface area (Å²) in [5.74, 6) is -0.591. The van der Waals surface area contributed by atoms with Crippen LogP contribution in [0.1, 0.15) is 38.2 Å². The van der Waals surface area contributed by atoms with E-state index >= 15 is 0 Å². The van der Waals surface area contributed by atoms with Crippen molar-refractivity contribution < 1.29 is 18.7 Å². The molecule has 0 bridgehead atoms. The lowest BCUT2D eigenvalue weighted by Crippen LogP contribution is -2.40. The highest BCUT2D eigenvalue weighted by atomic mass is 16.5. The van der Waals surface area contributed by atoms with Crippen molar-refractivity contribution in [3.8, 4) is 0 Å². The van der Waals surface area contributed by atoms with Crippen molar-refractivity contribution in [1.82, 2.24) is 4.90 Å². The summed E-state index contributed by atoms with van der Waals surface area (Å²) in [6.07, 6.45) is 0.919. The third kappa shape index (κ3) is 2.13. The Hall–Kier alpha value is -2.76. The molecule has 1 atom stereocenters. The van der Waals surface area contributed by atoms with Crippen LogP contribution >= 0.6 is 0 Å². The molecule has 1 aliphatic rings. The van der Waals surface area contributed by atoms with Crippen LogP contribution in [0.3, 0.4) is 0 Å². The van der Waals surface area contributed by atoms with E-state index in [0.29, 0.717) is 11.1 Å². The number of hydrogen-bond acceptors (Lipinski definition) is 5. The van der Waals surface area contributed by atoms with Gasteiger partial charge in [0.1, 0.15) is 6.17 Å². The largest absolute Gasteiger partial charge is 0.463 e. The number of methoxy groups -OCH3 is 1. The summed E-state index contributed by atoms with van der Waals surface area (Å²) in [7, 11) is 2.97. The van der Waals surface area contributed by atoms with Crippen molar-refractivity contribution in [2.45, 2.75) is 13.1 Å². The summed E-state index contributed by atoms with van der Waals surface area (Å²) in [6, 6.07) is 7.29. The average Bonchev–Trinajstić information content (AvgIpc) is 3.00. The Morgan fingerprint density at radius 2 is 2.14 bits per heavy atom. The number of furan rings is 1. The normalized spacial score (nSPS) is 17.0. The van der Waals surface area contributed by atoms with E-state index in [9.17, 15) is 9.59 Å². The molecular formula is C16H16N2O4. The van der Waals surface area contributed by atoms with E-state index in [1.165, 1.54) is 13.4 Å². The Morgan fingerprint density at radius 1 is 1.36 bits per heavy atom. The maximum absolute atomic E-state index is 12.6. The molecule has 3 rings (SSSR count). The van der Waals surface area contributed by atoms with E-state index < -0.39 is 12.1 Å². The molecule has 0 fully saturated rings. The van der Waals surface area contributed by atoms with Crippen LogP contribution in [-0.2, 0) is 4.74 Å². The van der Waals surface area contributed by atoms with Gasteiger partial charge in [-0.15, -0.1) is 0 Å². The summed E-state index contributed by atoms with van der Waals surface area (Å²) in [5.41, 5.74) is 2.92. The number of benzene rings is 1. The molecule has 0 spiro atoms. The van der Waals surface area contributed by atoms with Gasteiger partial charge in [0.25, 0.3) is 5.91 Å². The molecule has 1 aromatic heterocycles. The maximum Gasteiger partial charge on any atom is 0.374 e. The first-order valence-corrected chi connectivity index (χ1v) is 6.83. The third-order valence-corrected chi connectivity index (χ3v) is 3.77. The van der Waals surface area contributed by atoms with Gasteiger partial charge in [-0.25, -0.2) is 4.79 Å². The van der Waals surface area contributed by atoms with Gasteiger partial charge in [-0.1, -0.05) is 11.6 Å². The molecule has 6 nitrogen and oxygen atoms in total. The fourth-order valence-corrected chi connectivity index (χ4v) is 2.59. The zero-order chi connectivity index (χ0) is 15.9. The van der Waals surface area contributed by atoms with Crippen LogP contribution in [0.25, 0.3) is 0 Å². The zero-order valence-corrected chi connectivity index (χ0v) is 12.5. The van der Waals surface area contributed by atoms with Gasteiger partial charge in [0.05, 0.1) is 18.9 Å². The molecule has 0 aliphatic carbocycles. The minimum absolute atomic E-state index is 0.0928. The number of anilines is 1. The third-order valence-electron chi connectivity index (χ3n) is 3.77. The highest BCUT2D eigenvalue weighted by molar-refractivity contribution is 6.02. The van der Waals surface area contributed by atoms with Crippen molar-refractivity contribution in [3.05, 3.63) is 53.0 Å². The molecule has 1 N–H and O–H groups in total. The Morgan fingerprint density at radius 3 is 2.86 bits per heavy atom. The van der Waals surface area contributed by atoms with Crippen LogP contribution in [-0.4, -0.2) is 30.9 Å². The summed E-state index contributed by atoms with van der Waals surface area (Å²) in [6.45, 7) is 1.94. The SMILES string of the molecule is COC(=O)c1occc1C1Nc2ccc(C)cc2C(=O)N1C. The molecular weight excluding hydrogens is 284 g/mol. The van der Waals surface area contributed by atoms with E-state index in [4.69, 9.17) is 9.15 Å². The predicted octanol–water partition coefficient (Wildman–Crippen LogP) is 2.57. The fourth-order valence-electron chi connectivity index (χ4n) is 2.59. The van der Waals surface area contributed by atoms with Gasteiger partial charge < -0.3 is 19.4 Å². The number of nitrogens with zero attached hydrogens (tertiary/aromatic N) is 1. The highest BCUT2D eigenvalue weighted by Gasteiger charge is 2.34. The van der Waals surface area contributed by atoms with E-state index in [1.54, 1.807) is 18.0 Å². The molecule has 0 saturated heterocycles. The van der Waals surface area contributed by atoms with Crippen LogP contribution in [0.2, 0.25) is 0 Å². The van der Waals surface area contributed by atoms with Crippen LogP contribution in [0.15, 0.2) is 34.9 Å². The number of ether oxygens (including phenoxy) is 1. The predicted molar refractivity (Wildman–Crippen MR) is 79.7 cm³/mol. The Bertz CT molecular complexity index is 750. The Kier molecular flexibility index (Phi) is 3.36. The quantitative estimate of drug-likeness (QED) is 0.863. The van der Waals surface area contributed by atoms with Gasteiger partial charge in [0.15, 0.2) is 0 Å². The van der Waals surface area contributed by atoms with Gasteiger partial charge in [-0.3, -0.25) is 4.79 Å². The van der Waals surface area contributed by atoms with Gasteiger partial charge in [-0.05, 0) is 25.1 Å². The number of aryl methyl sites for hydroxylation is 1. The molecule has 114 valence electrons. The van der Waals surface area contributed by atoms with Gasteiger partial charge in [0.2, 0.25) is 5.76 Å². The first kappa shape index (κ1) is 14.2. The van der Waals surface area contributed by atoms with E-state index in [1.807, 2.05) is 25.1 Å². The monoisotopic (exact) mass is 300 g/mol. The maximum atomic E-state index is 12.6. The van der Waals surface area contributed by atoms with Gasteiger partial charge in [-0.2, -0.15) is 0 Å². The summed E-state index contributed by atoms with van der Waals surface area (Å²) in [5, 5.41) is 3.26. The molecule has 6 heteroatoms.